The highest BCUT2D eigenvalue weighted by atomic mass is 16.5. The van der Waals surface area contributed by atoms with Crippen molar-refractivity contribution < 1.29 is 19.1 Å². The van der Waals surface area contributed by atoms with Crippen LogP contribution in [0.15, 0.2) is 12.2 Å². The van der Waals surface area contributed by atoms with Crippen molar-refractivity contribution in [2.75, 3.05) is 33.9 Å². The normalized spacial score (nSPS) is 10.8. The number of unbranched alkanes of at least 4 members (excludes halogenated alkanes) is 9. The van der Waals surface area contributed by atoms with Crippen molar-refractivity contribution in [3.63, 3.8) is 0 Å². The number of hydrogen-bond acceptors (Lipinski definition) is 5. The zero-order valence-electron chi connectivity index (χ0n) is 17.2. The number of nitrogens with zero attached hydrogens (tertiary/aromatic N) is 1. The first-order chi connectivity index (χ1) is 12.5. The standard InChI is InChI=1S/C21H39NO4/c1-5-6-7-8-9-10-11-12-13-14-16-25-20(23)18-19(2)21(24)26-17-15-22(3)4/h2,5-18H2,1,3-4H3. The van der Waals surface area contributed by atoms with E-state index in [9.17, 15) is 9.59 Å². The van der Waals surface area contributed by atoms with E-state index >= 15 is 0 Å². The summed E-state index contributed by atoms with van der Waals surface area (Å²) < 4.78 is 10.2. The Bertz CT molecular complexity index is 393. The molecule has 0 unspecified atom stereocenters. The summed E-state index contributed by atoms with van der Waals surface area (Å²) in [5.74, 6) is -0.932. The largest absolute Gasteiger partial charge is 0.465 e. The second-order valence-corrected chi connectivity index (χ2v) is 7.12. The van der Waals surface area contributed by atoms with Crippen LogP contribution in [0.25, 0.3) is 0 Å². The summed E-state index contributed by atoms with van der Waals surface area (Å²) in [6, 6.07) is 0. The van der Waals surface area contributed by atoms with Gasteiger partial charge in [0.05, 0.1) is 13.0 Å². The summed E-state index contributed by atoms with van der Waals surface area (Å²) >= 11 is 0. The molecule has 0 heterocycles. The van der Waals surface area contributed by atoms with Crippen LogP contribution in [-0.2, 0) is 19.1 Å². The smallest absolute Gasteiger partial charge is 0.334 e. The fraction of sp³-hybridized carbons (Fsp3) is 0.810. The Morgan fingerprint density at radius 1 is 0.808 bits per heavy atom. The lowest BCUT2D eigenvalue weighted by molar-refractivity contribution is -0.146. The molecule has 0 fully saturated rings. The Morgan fingerprint density at radius 2 is 1.35 bits per heavy atom. The second-order valence-electron chi connectivity index (χ2n) is 7.12. The quantitative estimate of drug-likeness (QED) is 0.215. The summed E-state index contributed by atoms with van der Waals surface area (Å²) in [7, 11) is 3.79. The molecule has 5 heteroatoms. The first-order valence-electron chi connectivity index (χ1n) is 10.1. The summed E-state index contributed by atoms with van der Waals surface area (Å²) in [5.41, 5.74) is 0.150. The minimum absolute atomic E-state index is 0.0987. The minimum Gasteiger partial charge on any atom is -0.465 e. The van der Waals surface area contributed by atoms with Gasteiger partial charge in [-0.1, -0.05) is 71.3 Å². The fourth-order valence-electron chi connectivity index (χ4n) is 2.50. The molecule has 0 rings (SSSR count). The average molecular weight is 370 g/mol. The van der Waals surface area contributed by atoms with Crippen molar-refractivity contribution in [2.24, 2.45) is 0 Å². The highest BCUT2D eigenvalue weighted by Crippen LogP contribution is 2.11. The second kappa shape index (κ2) is 17.1. The molecule has 0 saturated carbocycles. The Morgan fingerprint density at radius 3 is 1.88 bits per heavy atom. The van der Waals surface area contributed by atoms with Gasteiger partial charge in [-0.3, -0.25) is 4.79 Å². The van der Waals surface area contributed by atoms with Crippen molar-refractivity contribution in [1.82, 2.24) is 4.90 Å². The number of likely N-dealkylation sites (N-methyl/N-ethyl adjacent to an activating group) is 1. The van der Waals surface area contributed by atoms with Gasteiger partial charge in [0.25, 0.3) is 0 Å². The van der Waals surface area contributed by atoms with E-state index in [1.165, 1.54) is 51.4 Å². The van der Waals surface area contributed by atoms with Gasteiger partial charge in [-0.05, 0) is 20.5 Å². The molecular formula is C21H39NO4. The van der Waals surface area contributed by atoms with Crippen molar-refractivity contribution in [1.29, 1.82) is 0 Å². The van der Waals surface area contributed by atoms with Crippen LogP contribution in [0.5, 0.6) is 0 Å². The van der Waals surface area contributed by atoms with E-state index in [4.69, 9.17) is 9.47 Å². The predicted octanol–water partition coefficient (Wildman–Crippen LogP) is 4.50. The number of ether oxygens (including phenoxy) is 2. The fourth-order valence-corrected chi connectivity index (χ4v) is 2.50. The van der Waals surface area contributed by atoms with Crippen LogP contribution >= 0.6 is 0 Å². The third kappa shape index (κ3) is 16.1. The monoisotopic (exact) mass is 369 g/mol. The van der Waals surface area contributed by atoms with Crippen LogP contribution in [0.2, 0.25) is 0 Å². The molecule has 0 aromatic carbocycles. The lowest BCUT2D eigenvalue weighted by Gasteiger charge is -2.11. The van der Waals surface area contributed by atoms with E-state index in [2.05, 4.69) is 13.5 Å². The van der Waals surface area contributed by atoms with Gasteiger partial charge in [0.15, 0.2) is 0 Å². The molecule has 0 aromatic rings. The van der Waals surface area contributed by atoms with E-state index < -0.39 is 11.9 Å². The maximum atomic E-state index is 11.7. The maximum Gasteiger partial charge on any atom is 0.334 e. The van der Waals surface area contributed by atoms with Crippen LogP contribution in [0.3, 0.4) is 0 Å². The lowest BCUT2D eigenvalue weighted by atomic mass is 10.1. The molecule has 152 valence electrons. The molecule has 5 nitrogen and oxygen atoms in total. The number of esters is 2. The van der Waals surface area contributed by atoms with E-state index in [-0.39, 0.29) is 12.0 Å². The Labute approximate surface area is 160 Å². The molecule has 0 amide bonds. The van der Waals surface area contributed by atoms with Gasteiger partial charge < -0.3 is 14.4 Å². The minimum atomic E-state index is -0.525. The van der Waals surface area contributed by atoms with Crippen LogP contribution in [0, 0.1) is 0 Å². The van der Waals surface area contributed by atoms with E-state index in [0.29, 0.717) is 19.8 Å². The van der Waals surface area contributed by atoms with Gasteiger partial charge in [0.1, 0.15) is 6.61 Å². The number of carbonyl (C=O) groups excluding carboxylic acids is 2. The Balaban J connectivity index is 3.50. The zero-order chi connectivity index (χ0) is 19.6. The number of rotatable bonds is 17. The topological polar surface area (TPSA) is 55.8 Å². The third-order valence-corrected chi connectivity index (χ3v) is 4.18. The molecule has 0 bridgehead atoms. The van der Waals surface area contributed by atoms with Crippen molar-refractivity contribution in [3.05, 3.63) is 12.2 Å². The highest BCUT2D eigenvalue weighted by Gasteiger charge is 2.14. The molecule has 0 spiro atoms. The summed E-state index contributed by atoms with van der Waals surface area (Å²) in [5, 5.41) is 0. The van der Waals surface area contributed by atoms with Crippen LogP contribution in [0.4, 0.5) is 0 Å². The SMILES string of the molecule is C=C(CC(=O)OCCCCCCCCCCCC)C(=O)OCCN(C)C. The summed E-state index contributed by atoms with van der Waals surface area (Å²) in [6.45, 7) is 7.19. The number of hydrogen-bond donors (Lipinski definition) is 0. The van der Waals surface area contributed by atoms with Crippen molar-refractivity contribution in [2.45, 2.75) is 77.6 Å². The van der Waals surface area contributed by atoms with Gasteiger partial charge in [-0.25, -0.2) is 4.79 Å². The van der Waals surface area contributed by atoms with E-state index in [0.717, 1.165) is 12.8 Å². The van der Waals surface area contributed by atoms with E-state index in [1.54, 1.807) is 0 Å². The van der Waals surface area contributed by atoms with Gasteiger partial charge in [0, 0.05) is 12.1 Å². The van der Waals surface area contributed by atoms with Crippen molar-refractivity contribution >= 4 is 11.9 Å². The average Bonchev–Trinajstić information content (AvgIpc) is 2.59. The first kappa shape index (κ1) is 24.6. The molecule has 0 aliphatic rings. The molecule has 0 atom stereocenters. The summed E-state index contributed by atoms with van der Waals surface area (Å²) in [4.78, 5) is 25.3. The highest BCUT2D eigenvalue weighted by molar-refractivity contribution is 5.93. The van der Waals surface area contributed by atoms with Crippen molar-refractivity contribution in [3.8, 4) is 0 Å². The zero-order valence-corrected chi connectivity index (χ0v) is 17.2. The van der Waals surface area contributed by atoms with Gasteiger partial charge in [0.2, 0.25) is 0 Å². The van der Waals surface area contributed by atoms with Gasteiger partial charge in [-0.15, -0.1) is 0 Å². The molecule has 0 aliphatic heterocycles. The molecule has 0 saturated heterocycles. The molecule has 0 aliphatic carbocycles. The van der Waals surface area contributed by atoms with Gasteiger partial charge in [-0.2, -0.15) is 0 Å². The molecule has 0 radical (unpaired) electrons. The molecule has 26 heavy (non-hydrogen) atoms. The maximum absolute atomic E-state index is 11.7. The lowest BCUT2D eigenvalue weighted by Crippen LogP contribution is -2.21. The molecular weight excluding hydrogens is 330 g/mol. The third-order valence-electron chi connectivity index (χ3n) is 4.18. The first-order valence-corrected chi connectivity index (χ1v) is 10.1. The van der Waals surface area contributed by atoms with Crippen LogP contribution in [-0.4, -0.2) is 50.7 Å². The van der Waals surface area contributed by atoms with Crippen LogP contribution in [0.1, 0.15) is 77.6 Å². The molecule has 0 N–H and O–H groups in total. The van der Waals surface area contributed by atoms with E-state index in [1.807, 2.05) is 19.0 Å². The summed E-state index contributed by atoms with van der Waals surface area (Å²) in [6.07, 6.45) is 12.3. The Kier molecular flexibility index (Phi) is 16.2. The van der Waals surface area contributed by atoms with Gasteiger partial charge >= 0.3 is 11.9 Å². The molecule has 0 aromatic heterocycles. The van der Waals surface area contributed by atoms with Crippen LogP contribution < -0.4 is 0 Å². The number of carbonyl (C=O) groups is 2. The Hall–Kier alpha value is -1.36. The predicted molar refractivity (Wildman–Crippen MR) is 106 cm³/mol.